The van der Waals surface area contributed by atoms with Gasteiger partial charge in [0.05, 0.1) is 23.7 Å². The second-order valence-corrected chi connectivity index (χ2v) is 8.63. The van der Waals surface area contributed by atoms with Crippen molar-refractivity contribution in [3.05, 3.63) is 0 Å². The molecule has 4 unspecified atom stereocenters. The summed E-state index contributed by atoms with van der Waals surface area (Å²) in [6.45, 7) is 0. The fourth-order valence-electron chi connectivity index (χ4n) is 4.38. The summed E-state index contributed by atoms with van der Waals surface area (Å²) in [4.78, 5) is 13.0. The molecule has 0 spiro atoms. The average Bonchev–Trinajstić information content (AvgIpc) is 2.71. The van der Waals surface area contributed by atoms with Crippen LogP contribution < -0.4 is 0 Å². The van der Waals surface area contributed by atoms with Gasteiger partial charge in [0.1, 0.15) is 0 Å². The van der Waals surface area contributed by atoms with Crippen LogP contribution in [0.2, 0.25) is 0 Å². The van der Waals surface area contributed by atoms with Gasteiger partial charge < -0.3 is 10.2 Å². The van der Waals surface area contributed by atoms with Crippen molar-refractivity contribution in [2.24, 2.45) is 5.92 Å². The van der Waals surface area contributed by atoms with E-state index in [1.54, 1.807) is 0 Å². The second-order valence-electron chi connectivity index (χ2n) is 6.48. The maximum atomic E-state index is 11.7. The maximum absolute atomic E-state index is 11.7. The van der Waals surface area contributed by atoms with E-state index < -0.39 is 21.9 Å². The topological polar surface area (TPSA) is 94.9 Å². The molecule has 3 saturated heterocycles. The highest BCUT2D eigenvalue weighted by Gasteiger charge is 2.49. The standard InChI is InChI=1S/C13H21NO5S/c15-12-7-20(18,19)6-11(12)14-9-1-2-10(14)4-8(3-9)5-13(16)17/h8-12,15H,1-7H2,(H,16,17). The summed E-state index contributed by atoms with van der Waals surface area (Å²) in [6.07, 6.45) is 3.01. The lowest BCUT2D eigenvalue weighted by molar-refractivity contribution is -0.138. The molecule has 2 bridgehead atoms. The van der Waals surface area contributed by atoms with Crippen molar-refractivity contribution in [2.75, 3.05) is 11.5 Å². The zero-order valence-electron chi connectivity index (χ0n) is 11.3. The summed E-state index contributed by atoms with van der Waals surface area (Å²) in [5.41, 5.74) is 0. The molecule has 3 heterocycles. The summed E-state index contributed by atoms with van der Waals surface area (Å²) >= 11 is 0. The molecule has 0 aliphatic carbocycles. The molecular weight excluding hydrogens is 282 g/mol. The smallest absolute Gasteiger partial charge is 0.303 e. The monoisotopic (exact) mass is 303 g/mol. The summed E-state index contributed by atoms with van der Waals surface area (Å²) < 4.78 is 23.3. The molecule has 3 rings (SSSR count). The number of aliphatic hydroxyl groups is 1. The first kappa shape index (κ1) is 14.3. The van der Waals surface area contributed by atoms with Gasteiger partial charge in [-0.15, -0.1) is 0 Å². The fourth-order valence-corrected chi connectivity index (χ4v) is 6.17. The highest BCUT2D eigenvalue weighted by atomic mass is 32.2. The number of carboxylic acid groups (broad SMARTS) is 1. The molecule has 4 atom stereocenters. The number of sulfone groups is 1. The van der Waals surface area contributed by atoms with Gasteiger partial charge in [0.25, 0.3) is 0 Å². The maximum Gasteiger partial charge on any atom is 0.303 e. The summed E-state index contributed by atoms with van der Waals surface area (Å²) in [5, 5.41) is 19.0. The van der Waals surface area contributed by atoms with Gasteiger partial charge in [0, 0.05) is 18.5 Å². The molecule has 6 nitrogen and oxygen atoms in total. The minimum Gasteiger partial charge on any atom is -0.481 e. The number of aliphatic carboxylic acids is 1. The highest BCUT2D eigenvalue weighted by molar-refractivity contribution is 7.91. The van der Waals surface area contributed by atoms with E-state index in [1.165, 1.54) is 0 Å². The third kappa shape index (κ3) is 2.58. The Balaban J connectivity index is 1.73. The third-order valence-corrected chi connectivity index (χ3v) is 6.73. The van der Waals surface area contributed by atoms with Gasteiger partial charge >= 0.3 is 5.97 Å². The number of hydrogen-bond acceptors (Lipinski definition) is 5. The summed E-state index contributed by atoms with van der Waals surface area (Å²) in [7, 11) is -3.13. The molecule has 3 fully saturated rings. The quantitative estimate of drug-likeness (QED) is 0.754. The van der Waals surface area contributed by atoms with Crippen LogP contribution in [0.15, 0.2) is 0 Å². The first-order chi connectivity index (χ1) is 9.35. The lowest BCUT2D eigenvalue weighted by Gasteiger charge is -2.42. The third-order valence-electron chi connectivity index (χ3n) is 5.03. The van der Waals surface area contributed by atoms with E-state index in [0.29, 0.717) is 0 Å². The predicted octanol–water partition coefficient (Wildman–Crippen LogP) is -0.138. The predicted molar refractivity (Wildman–Crippen MR) is 72.1 cm³/mol. The molecule has 7 heteroatoms. The zero-order valence-corrected chi connectivity index (χ0v) is 12.1. The van der Waals surface area contributed by atoms with Crippen LogP contribution in [0.25, 0.3) is 0 Å². The molecule has 0 amide bonds. The largest absolute Gasteiger partial charge is 0.481 e. The van der Waals surface area contributed by atoms with E-state index in [0.717, 1.165) is 25.7 Å². The van der Waals surface area contributed by atoms with Crippen molar-refractivity contribution in [2.45, 2.75) is 56.3 Å². The second kappa shape index (κ2) is 4.96. The number of fused-ring (bicyclic) bond motifs is 2. The van der Waals surface area contributed by atoms with Crippen LogP contribution in [0, 0.1) is 5.92 Å². The van der Waals surface area contributed by atoms with E-state index in [1.807, 2.05) is 0 Å². The minimum absolute atomic E-state index is 0.0464. The number of hydrogen-bond donors (Lipinski definition) is 2. The Morgan fingerprint density at radius 3 is 2.20 bits per heavy atom. The van der Waals surface area contributed by atoms with Gasteiger partial charge in [-0.1, -0.05) is 0 Å². The van der Waals surface area contributed by atoms with Crippen LogP contribution in [0.1, 0.15) is 32.1 Å². The van der Waals surface area contributed by atoms with Crippen LogP contribution in [-0.2, 0) is 14.6 Å². The van der Waals surface area contributed by atoms with E-state index in [4.69, 9.17) is 5.11 Å². The number of piperidine rings is 1. The van der Waals surface area contributed by atoms with Crippen LogP contribution in [0.4, 0.5) is 0 Å². The van der Waals surface area contributed by atoms with Crippen LogP contribution >= 0.6 is 0 Å². The fraction of sp³-hybridized carbons (Fsp3) is 0.923. The zero-order chi connectivity index (χ0) is 14.5. The molecule has 20 heavy (non-hydrogen) atoms. The molecule has 0 radical (unpaired) electrons. The lowest BCUT2D eigenvalue weighted by Crippen LogP contribution is -2.53. The number of carboxylic acids is 1. The molecule has 0 aromatic carbocycles. The molecule has 0 aromatic heterocycles. The lowest BCUT2D eigenvalue weighted by atomic mass is 9.87. The first-order valence-electron chi connectivity index (χ1n) is 7.23. The van der Waals surface area contributed by atoms with Gasteiger partial charge in [-0.2, -0.15) is 0 Å². The molecule has 0 aromatic rings. The molecular formula is C13H21NO5S. The average molecular weight is 303 g/mol. The Hall–Kier alpha value is -0.660. The van der Waals surface area contributed by atoms with Crippen LogP contribution in [-0.4, -0.2) is 65.2 Å². The Labute approximate surface area is 118 Å². The first-order valence-corrected chi connectivity index (χ1v) is 9.05. The van der Waals surface area contributed by atoms with Crippen molar-refractivity contribution < 1.29 is 23.4 Å². The SMILES string of the molecule is O=C(O)CC1CC2CCC(C1)N2C1CS(=O)(=O)CC1O. The number of nitrogens with zero attached hydrogens (tertiary/aromatic N) is 1. The molecule has 3 aliphatic heterocycles. The molecule has 3 aliphatic rings. The van der Waals surface area contributed by atoms with E-state index in [2.05, 4.69) is 4.90 Å². The van der Waals surface area contributed by atoms with Gasteiger partial charge in [0.2, 0.25) is 0 Å². The van der Waals surface area contributed by atoms with Crippen molar-refractivity contribution >= 4 is 15.8 Å². The Kier molecular flexibility index (Phi) is 3.54. The van der Waals surface area contributed by atoms with Crippen LogP contribution in [0.5, 0.6) is 0 Å². The Morgan fingerprint density at radius 2 is 1.75 bits per heavy atom. The summed E-state index contributed by atoms with van der Waals surface area (Å²) in [6, 6.07) is 0.195. The van der Waals surface area contributed by atoms with E-state index in [9.17, 15) is 18.3 Å². The number of aliphatic hydroxyl groups excluding tert-OH is 1. The van der Waals surface area contributed by atoms with Crippen molar-refractivity contribution in [3.8, 4) is 0 Å². The van der Waals surface area contributed by atoms with Gasteiger partial charge in [0.15, 0.2) is 9.84 Å². The van der Waals surface area contributed by atoms with Gasteiger partial charge in [-0.05, 0) is 31.6 Å². The minimum atomic E-state index is -3.13. The number of carbonyl (C=O) groups is 1. The van der Waals surface area contributed by atoms with Crippen molar-refractivity contribution in [1.82, 2.24) is 4.90 Å². The highest BCUT2D eigenvalue weighted by Crippen LogP contribution is 2.42. The normalized spacial score (nSPS) is 43.8. The molecule has 0 saturated carbocycles. The van der Waals surface area contributed by atoms with E-state index >= 15 is 0 Å². The Morgan fingerprint density at radius 1 is 1.15 bits per heavy atom. The molecule has 2 N–H and O–H groups in total. The van der Waals surface area contributed by atoms with Crippen LogP contribution in [0.3, 0.4) is 0 Å². The Bertz CT molecular complexity index is 491. The molecule has 114 valence electrons. The van der Waals surface area contributed by atoms with E-state index in [-0.39, 0.29) is 42.0 Å². The van der Waals surface area contributed by atoms with Gasteiger partial charge in [-0.25, -0.2) is 8.42 Å². The van der Waals surface area contributed by atoms with Crippen molar-refractivity contribution in [1.29, 1.82) is 0 Å². The van der Waals surface area contributed by atoms with Gasteiger partial charge in [-0.3, -0.25) is 9.69 Å². The number of rotatable bonds is 3. The summed E-state index contributed by atoms with van der Waals surface area (Å²) in [5.74, 6) is -0.653. The van der Waals surface area contributed by atoms with Crippen molar-refractivity contribution in [3.63, 3.8) is 0 Å².